The van der Waals surface area contributed by atoms with Gasteiger partial charge < -0.3 is 30.0 Å². The second-order valence-corrected chi connectivity index (χ2v) is 6.73. The fourth-order valence-electron chi connectivity index (χ4n) is 2.31. The van der Waals surface area contributed by atoms with Gasteiger partial charge in [-0.2, -0.15) is 0 Å². The number of ether oxygens (including phenoxy) is 4. The maximum absolute atomic E-state index is 11.8. The highest BCUT2D eigenvalue weighted by atomic mass is 16.7. The molecule has 2 rings (SSSR count). The molecule has 0 bridgehead atoms. The number of fused-ring (bicyclic) bond motifs is 1. The van der Waals surface area contributed by atoms with Crippen LogP contribution in [0.4, 0.5) is 4.79 Å². The average molecular weight is 408 g/mol. The maximum Gasteiger partial charge on any atom is 0.410 e. The summed E-state index contributed by atoms with van der Waals surface area (Å²) in [5.74, 6) is -1.96. The van der Waals surface area contributed by atoms with E-state index in [-0.39, 0.29) is 30.4 Å². The fourth-order valence-corrected chi connectivity index (χ4v) is 2.31. The molecule has 10 heteroatoms. The van der Waals surface area contributed by atoms with Gasteiger partial charge in [0.15, 0.2) is 11.5 Å². The second kappa shape index (κ2) is 9.87. The highest BCUT2D eigenvalue weighted by Crippen LogP contribution is 2.30. The number of alkyl carbamates (subject to hydrolysis) is 1. The third-order valence-electron chi connectivity index (χ3n) is 3.84. The van der Waals surface area contributed by atoms with E-state index in [1.165, 1.54) is 19.1 Å². The third kappa shape index (κ3) is 6.75. The Morgan fingerprint density at radius 1 is 1.17 bits per heavy atom. The van der Waals surface area contributed by atoms with Crippen LogP contribution in [0.15, 0.2) is 18.2 Å². The second-order valence-electron chi connectivity index (χ2n) is 6.73. The van der Waals surface area contributed by atoms with Gasteiger partial charge in [-0.05, 0) is 24.1 Å². The van der Waals surface area contributed by atoms with Crippen LogP contribution >= 0.6 is 0 Å². The first-order valence-electron chi connectivity index (χ1n) is 9.11. The Bertz CT molecular complexity index is 792. The molecule has 1 amide bonds. The lowest BCUT2D eigenvalue weighted by Crippen LogP contribution is -2.38. The lowest BCUT2D eigenvalue weighted by Gasteiger charge is -2.18. The van der Waals surface area contributed by atoms with Crippen molar-refractivity contribution in [1.82, 2.24) is 5.32 Å². The summed E-state index contributed by atoms with van der Waals surface area (Å²) in [7, 11) is 0. The molecule has 2 unspecified atom stereocenters. The number of amides is 1. The molecule has 1 aromatic carbocycles. The Labute approximate surface area is 167 Å². The van der Waals surface area contributed by atoms with E-state index in [1.54, 1.807) is 19.9 Å². The van der Waals surface area contributed by atoms with Crippen molar-refractivity contribution in [3.63, 3.8) is 0 Å². The zero-order chi connectivity index (χ0) is 21.6. The Balaban J connectivity index is 1.87. The number of benzene rings is 1. The molecule has 1 aliphatic heterocycles. The highest BCUT2D eigenvalue weighted by Gasteiger charge is 2.26. The number of carbonyl (C=O) groups excluding carboxylic acids is 4. The first kappa shape index (κ1) is 22.2. The van der Waals surface area contributed by atoms with Crippen molar-refractivity contribution in [1.29, 1.82) is 0 Å². The number of hydrogen-bond acceptors (Lipinski definition) is 9. The summed E-state index contributed by atoms with van der Waals surface area (Å²) in [5, 5.41) is 2.53. The molecule has 0 radical (unpaired) electrons. The molecule has 0 aliphatic carbocycles. The lowest BCUT2D eigenvalue weighted by atomic mass is 10.1. The van der Waals surface area contributed by atoms with Gasteiger partial charge in [-0.3, -0.25) is 9.59 Å². The molecule has 1 aromatic rings. The first-order valence-corrected chi connectivity index (χ1v) is 9.11. The van der Waals surface area contributed by atoms with E-state index < -0.39 is 36.3 Å². The molecular formula is C19H24N2O8. The molecule has 0 spiro atoms. The van der Waals surface area contributed by atoms with Crippen molar-refractivity contribution < 1.29 is 38.1 Å². The van der Waals surface area contributed by atoms with Gasteiger partial charge in [-0.1, -0.05) is 19.9 Å². The number of carbonyl (C=O) groups is 4. The smallest absolute Gasteiger partial charge is 0.410 e. The van der Waals surface area contributed by atoms with Crippen LogP contribution in [0.2, 0.25) is 0 Å². The molecule has 0 saturated heterocycles. The van der Waals surface area contributed by atoms with Crippen molar-refractivity contribution in [3.8, 4) is 11.5 Å². The van der Waals surface area contributed by atoms with Crippen LogP contribution in [0.3, 0.4) is 0 Å². The van der Waals surface area contributed by atoms with Crippen LogP contribution < -0.4 is 20.5 Å². The van der Waals surface area contributed by atoms with Crippen molar-refractivity contribution in [2.24, 2.45) is 11.7 Å². The van der Waals surface area contributed by atoms with Crippen LogP contribution in [0.1, 0.15) is 32.8 Å². The van der Waals surface area contributed by atoms with Crippen LogP contribution in [0, 0.1) is 5.92 Å². The molecule has 1 aliphatic rings. The van der Waals surface area contributed by atoms with Crippen molar-refractivity contribution in [2.75, 3.05) is 6.54 Å². The summed E-state index contributed by atoms with van der Waals surface area (Å²) >= 11 is 0. The van der Waals surface area contributed by atoms with E-state index in [2.05, 4.69) is 5.32 Å². The predicted molar refractivity (Wildman–Crippen MR) is 98.9 cm³/mol. The monoisotopic (exact) mass is 408 g/mol. The van der Waals surface area contributed by atoms with E-state index >= 15 is 0 Å². The minimum atomic E-state index is -1.08. The molecule has 0 aromatic heterocycles. The molecule has 3 N–H and O–H groups in total. The molecule has 0 fully saturated rings. The minimum absolute atomic E-state index is 0.0930. The normalized spacial score (nSPS) is 17.2. The summed E-state index contributed by atoms with van der Waals surface area (Å²) in [5.41, 5.74) is 6.26. The Morgan fingerprint density at radius 3 is 2.59 bits per heavy atom. The van der Waals surface area contributed by atoms with Gasteiger partial charge in [-0.25, -0.2) is 9.59 Å². The Hall–Kier alpha value is -3.14. The van der Waals surface area contributed by atoms with Gasteiger partial charge in [0, 0.05) is 13.5 Å². The molecular weight excluding hydrogens is 384 g/mol. The zero-order valence-corrected chi connectivity index (χ0v) is 16.4. The van der Waals surface area contributed by atoms with E-state index in [4.69, 9.17) is 24.7 Å². The van der Waals surface area contributed by atoms with E-state index in [9.17, 15) is 19.2 Å². The van der Waals surface area contributed by atoms with E-state index in [0.717, 1.165) is 5.56 Å². The molecule has 1 heterocycles. The standard InChI is InChI=1S/C19H24N2O8/c1-10(2)17(23)26-11(3)27-19(25)21-7-6-12-4-5-14-15(8-12)28-16(22)9-13(20)18(24)29-14/h4-5,8,10-11,13H,6-7,9,20H2,1-3H3,(H,21,25). The number of rotatable bonds is 6. The van der Waals surface area contributed by atoms with Crippen LogP contribution in [-0.2, 0) is 30.3 Å². The lowest BCUT2D eigenvalue weighted by molar-refractivity contribution is -0.168. The van der Waals surface area contributed by atoms with Crippen molar-refractivity contribution >= 4 is 24.0 Å². The van der Waals surface area contributed by atoms with Gasteiger partial charge in [0.2, 0.25) is 6.29 Å². The summed E-state index contributed by atoms with van der Waals surface area (Å²) in [6.07, 6.45) is -1.65. The van der Waals surface area contributed by atoms with E-state index in [1.807, 2.05) is 0 Å². The fraction of sp³-hybridized carbons (Fsp3) is 0.474. The SMILES string of the molecule is CC(OC(=O)NCCc1ccc2c(c1)OC(=O)CC(N)C(=O)O2)OC(=O)C(C)C. The van der Waals surface area contributed by atoms with Crippen LogP contribution in [0.25, 0.3) is 0 Å². The summed E-state index contributed by atoms with van der Waals surface area (Å²) in [6, 6.07) is 3.61. The molecule has 2 atom stereocenters. The quantitative estimate of drug-likeness (QED) is 0.401. The Morgan fingerprint density at radius 2 is 1.90 bits per heavy atom. The highest BCUT2D eigenvalue weighted by molar-refractivity contribution is 5.87. The van der Waals surface area contributed by atoms with Crippen molar-refractivity contribution in [3.05, 3.63) is 23.8 Å². The number of nitrogens with one attached hydrogen (secondary N) is 1. The predicted octanol–water partition coefficient (Wildman–Crippen LogP) is 1.04. The summed E-state index contributed by atoms with van der Waals surface area (Å²) in [4.78, 5) is 46.7. The van der Waals surface area contributed by atoms with Gasteiger partial charge in [0.25, 0.3) is 0 Å². The number of hydrogen-bond donors (Lipinski definition) is 2. The minimum Gasteiger partial charge on any atom is -0.425 e. The zero-order valence-electron chi connectivity index (χ0n) is 16.4. The maximum atomic E-state index is 11.8. The van der Waals surface area contributed by atoms with Gasteiger partial charge in [0.05, 0.1) is 12.3 Å². The largest absolute Gasteiger partial charge is 0.425 e. The van der Waals surface area contributed by atoms with E-state index in [0.29, 0.717) is 6.42 Å². The topological polar surface area (TPSA) is 143 Å². The van der Waals surface area contributed by atoms with Gasteiger partial charge in [0.1, 0.15) is 6.04 Å². The number of esters is 3. The number of nitrogens with two attached hydrogens (primary N) is 1. The van der Waals surface area contributed by atoms with Crippen LogP contribution in [0.5, 0.6) is 11.5 Å². The van der Waals surface area contributed by atoms with Gasteiger partial charge >= 0.3 is 24.0 Å². The molecule has 29 heavy (non-hydrogen) atoms. The summed E-state index contributed by atoms with van der Waals surface area (Å²) < 4.78 is 20.2. The molecule has 0 saturated carbocycles. The van der Waals surface area contributed by atoms with Crippen molar-refractivity contribution in [2.45, 2.75) is 45.9 Å². The Kier molecular flexibility index (Phi) is 7.54. The summed E-state index contributed by atoms with van der Waals surface area (Å²) in [6.45, 7) is 4.99. The van der Waals surface area contributed by atoms with Gasteiger partial charge in [-0.15, -0.1) is 0 Å². The third-order valence-corrected chi connectivity index (χ3v) is 3.84. The first-order chi connectivity index (χ1) is 13.7. The molecule has 158 valence electrons. The molecule has 10 nitrogen and oxygen atoms in total. The average Bonchev–Trinajstić information content (AvgIpc) is 2.62. The van der Waals surface area contributed by atoms with Crippen LogP contribution in [-0.4, -0.2) is 42.9 Å².